The quantitative estimate of drug-likeness (QED) is 0.890. The van der Waals surface area contributed by atoms with Crippen molar-refractivity contribution < 1.29 is 9.59 Å². The van der Waals surface area contributed by atoms with Gasteiger partial charge in [-0.05, 0) is 31.4 Å². The Morgan fingerprint density at radius 2 is 1.96 bits per heavy atom. The van der Waals surface area contributed by atoms with E-state index in [1.165, 1.54) is 18.4 Å². The third-order valence-electron chi connectivity index (χ3n) is 5.52. The van der Waals surface area contributed by atoms with Crippen LogP contribution in [0.25, 0.3) is 0 Å². The smallest absolute Gasteiger partial charge is 0.223 e. The molecule has 2 heterocycles. The van der Waals surface area contributed by atoms with E-state index in [2.05, 4.69) is 34.5 Å². The zero-order valence-electron chi connectivity index (χ0n) is 15.1. The molecule has 5 nitrogen and oxygen atoms in total. The molecular weight excluding hydrogens is 314 g/mol. The van der Waals surface area contributed by atoms with Crippen molar-refractivity contribution >= 4 is 11.8 Å². The molecule has 1 aromatic carbocycles. The van der Waals surface area contributed by atoms with Crippen LogP contribution in [0.5, 0.6) is 0 Å². The Bertz CT molecular complexity index is 590. The van der Waals surface area contributed by atoms with Gasteiger partial charge in [0.15, 0.2) is 0 Å². The number of nitrogens with one attached hydrogen (secondary N) is 1. The number of benzene rings is 1. The second-order valence-electron chi connectivity index (χ2n) is 7.36. The van der Waals surface area contributed by atoms with Crippen molar-refractivity contribution in [3.05, 3.63) is 35.9 Å². The minimum Gasteiger partial charge on any atom is -0.354 e. The first-order valence-corrected chi connectivity index (χ1v) is 9.43. The fourth-order valence-corrected chi connectivity index (χ4v) is 3.85. The van der Waals surface area contributed by atoms with Gasteiger partial charge >= 0.3 is 0 Å². The van der Waals surface area contributed by atoms with E-state index in [1.807, 2.05) is 6.07 Å². The monoisotopic (exact) mass is 343 g/mol. The summed E-state index contributed by atoms with van der Waals surface area (Å²) >= 11 is 0. The van der Waals surface area contributed by atoms with Crippen LogP contribution < -0.4 is 5.32 Å². The highest BCUT2D eigenvalue weighted by atomic mass is 16.2. The third-order valence-corrected chi connectivity index (χ3v) is 5.52. The molecule has 2 aliphatic rings. The first kappa shape index (κ1) is 17.9. The molecule has 3 rings (SSSR count). The Morgan fingerprint density at radius 3 is 2.72 bits per heavy atom. The van der Waals surface area contributed by atoms with Crippen LogP contribution in [0.1, 0.15) is 37.7 Å². The summed E-state index contributed by atoms with van der Waals surface area (Å²) in [6.07, 6.45) is 4.69. The maximum Gasteiger partial charge on any atom is 0.223 e. The van der Waals surface area contributed by atoms with Gasteiger partial charge in [0.05, 0.1) is 0 Å². The van der Waals surface area contributed by atoms with E-state index < -0.39 is 0 Å². The lowest BCUT2D eigenvalue weighted by atomic mass is 9.95. The number of hydrogen-bond acceptors (Lipinski definition) is 3. The molecule has 25 heavy (non-hydrogen) atoms. The first-order valence-electron chi connectivity index (χ1n) is 9.43. The summed E-state index contributed by atoms with van der Waals surface area (Å²) < 4.78 is 0. The van der Waals surface area contributed by atoms with Gasteiger partial charge < -0.3 is 10.2 Å². The third kappa shape index (κ3) is 4.82. The van der Waals surface area contributed by atoms with E-state index in [-0.39, 0.29) is 17.7 Å². The molecule has 0 spiro atoms. The Hall–Kier alpha value is -1.88. The number of amides is 2. The molecule has 2 saturated heterocycles. The summed E-state index contributed by atoms with van der Waals surface area (Å²) in [5, 5.41) is 3.12. The van der Waals surface area contributed by atoms with Crippen molar-refractivity contribution in [3.63, 3.8) is 0 Å². The van der Waals surface area contributed by atoms with Crippen molar-refractivity contribution in [2.45, 2.75) is 44.7 Å². The Labute approximate surface area is 150 Å². The van der Waals surface area contributed by atoms with Crippen molar-refractivity contribution in [1.29, 1.82) is 0 Å². The van der Waals surface area contributed by atoms with Crippen LogP contribution in [0.15, 0.2) is 30.3 Å². The predicted molar refractivity (Wildman–Crippen MR) is 97.9 cm³/mol. The van der Waals surface area contributed by atoms with Crippen LogP contribution in [-0.4, -0.2) is 54.3 Å². The predicted octanol–water partition coefficient (Wildman–Crippen LogP) is 2.03. The fraction of sp³-hybridized carbons (Fsp3) is 0.600. The van der Waals surface area contributed by atoms with Crippen LogP contribution in [0.2, 0.25) is 0 Å². The van der Waals surface area contributed by atoms with Crippen LogP contribution >= 0.6 is 0 Å². The van der Waals surface area contributed by atoms with Gasteiger partial charge in [0.2, 0.25) is 11.8 Å². The second kappa shape index (κ2) is 8.48. The molecule has 1 aromatic rings. The molecule has 0 aromatic heterocycles. The van der Waals surface area contributed by atoms with E-state index in [9.17, 15) is 9.59 Å². The van der Waals surface area contributed by atoms with Crippen molar-refractivity contribution in [1.82, 2.24) is 15.1 Å². The molecule has 1 N–H and O–H groups in total. The summed E-state index contributed by atoms with van der Waals surface area (Å²) in [6.45, 7) is 3.39. The summed E-state index contributed by atoms with van der Waals surface area (Å²) in [6, 6.07) is 10.9. The molecule has 2 unspecified atom stereocenters. The van der Waals surface area contributed by atoms with Crippen LogP contribution in [0, 0.1) is 5.92 Å². The van der Waals surface area contributed by atoms with E-state index in [0.29, 0.717) is 25.6 Å². The number of likely N-dealkylation sites (tertiary alicyclic amines) is 2. The van der Waals surface area contributed by atoms with Gasteiger partial charge in [-0.3, -0.25) is 14.5 Å². The lowest BCUT2D eigenvalue weighted by Gasteiger charge is -2.36. The second-order valence-corrected chi connectivity index (χ2v) is 7.36. The number of carbonyl (C=O) groups is 2. The normalized spacial score (nSPS) is 25.0. The van der Waals surface area contributed by atoms with Gasteiger partial charge in [0.1, 0.15) is 0 Å². The Balaban J connectivity index is 1.51. The topological polar surface area (TPSA) is 52.7 Å². The number of hydrogen-bond donors (Lipinski definition) is 1. The highest BCUT2D eigenvalue weighted by Crippen LogP contribution is 2.20. The van der Waals surface area contributed by atoms with Gasteiger partial charge in [0, 0.05) is 45.1 Å². The van der Waals surface area contributed by atoms with Gasteiger partial charge in [-0.15, -0.1) is 0 Å². The number of piperidine rings is 2. The van der Waals surface area contributed by atoms with Crippen LogP contribution in [0.4, 0.5) is 0 Å². The molecule has 0 aliphatic carbocycles. The zero-order chi connectivity index (χ0) is 17.6. The van der Waals surface area contributed by atoms with Gasteiger partial charge in [-0.25, -0.2) is 0 Å². The summed E-state index contributed by atoms with van der Waals surface area (Å²) in [5.41, 5.74) is 1.32. The molecule has 2 atom stereocenters. The minimum absolute atomic E-state index is 0.0479. The number of rotatable bonds is 5. The lowest BCUT2D eigenvalue weighted by molar-refractivity contribution is -0.139. The molecule has 0 bridgehead atoms. The highest BCUT2D eigenvalue weighted by Gasteiger charge is 2.29. The number of carbonyl (C=O) groups excluding carboxylic acids is 2. The van der Waals surface area contributed by atoms with Gasteiger partial charge in [-0.1, -0.05) is 36.8 Å². The molecule has 136 valence electrons. The summed E-state index contributed by atoms with van der Waals surface area (Å²) in [4.78, 5) is 28.5. The number of nitrogens with zero attached hydrogens (tertiary/aromatic N) is 2. The molecule has 5 heteroatoms. The Morgan fingerprint density at radius 1 is 1.16 bits per heavy atom. The van der Waals surface area contributed by atoms with Crippen molar-refractivity contribution in [3.8, 4) is 0 Å². The largest absolute Gasteiger partial charge is 0.354 e. The molecule has 2 aliphatic heterocycles. The average Bonchev–Trinajstić information content (AvgIpc) is 2.64. The maximum atomic E-state index is 12.5. The van der Waals surface area contributed by atoms with Gasteiger partial charge in [-0.2, -0.15) is 0 Å². The van der Waals surface area contributed by atoms with Crippen LogP contribution in [-0.2, 0) is 16.1 Å². The summed E-state index contributed by atoms with van der Waals surface area (Å²) in [7, 11) is 1.81. The standard InChI is InChI=1S/C20H29N3O2/c1-22-12-10-17(13-19(22)24)20(25)21-14-18-9-5-6-11-23(18)15-16-7-3-2-4-8-16/h2-4,7-8,17-18H,5-6,9-15H2,1H3,(H,21,25). The Kier molecular flexibility index (Phi) is 6.08. The lowest BCUT2D eigenvalue weighted by Crippen LogP contribution is -2.48. The molecular formula is C20H29N3O2. The summed E-state index contributed by atoms with van der Waals surface area (Å²) in [5.74, 6) is -0.0312. The van der Waals surface area contributed by atoms with E-state index in [4.69, 9.17) is 0 Å². The SMILES string of the molecule is CN1CCC(C(=O)NCC2CCCCN2Cc2ccccc2)CC1=O. The zero-order valence-corrected chi connectivity index (χ0v) is 15.1. The maximum absolute atomic E-state index is 12.5. The minimum atomic E-state index is -0.158. The highest BCUT2D eigenvalue weighted by molar-refractivity contribution is 5.86. The van der Waals surface area contributed by atoms with E-state index >= 15 is 0 Å². The molecule has 2 amide bonds. The molecule has 0 radical (unpaired) electrons. The van der Waals surface area contributed by atoms with Crippen molar-refractivity contribution in [2.75, 3.05) is 26.7 Å². The van der Waals surface area contributed by atoms with E-state index in [0.717, 1.165) is 25.9 Å². The van der Waals surface area contributed by atoms with E-state index in [1.54, 1.807) is 11.9 Å². The first-order chi connectivity index (χ1) is 12.1. The average molecular weight is 343 g/mol. The van der Waals surface area contributed by atoms with Crippen LogP contribution in [0.3, 0.4) is 0 Å². The van der Waals surface area contributed by atoms with Gasteiger partial charge in [0.25, 0.3) is 0 Å². The molecule has 2 fully saturated rings. The fourth-order valence-electron chi connectivity index (χ4n) is 3.85. The van der Waals surface area contributed by atoms with Crippen molar-refractivity contribution in [2.24, 2.45) is 5.92 Å². The molecule has 0 saturated carbocycles.